The van der Waals surface area contributed by atoms with Crippen molar-refractivity contribution in [1.82, 2.24) is 3.11 Å². The fraction of sp³-hybridized carbons (Fsp3) is 1.00. The second kappa shape index (κ2) is 2.12. The van der Waals surface area contributed by atoms with E-state index in [1.165, 1.54) is 17.5 Å². The number of hydrogen-bond donors (Lipinski definition) is 0. The number of nitrogens with zero attached hydrogens (tertiary/aromatic N) is 1. The van der Waals surface area contributed by atoms with Crippen LogP contribution in [0.25, 0.3) is 0 Å². The van der Waals surface area contributed by atoms with Gasteiger partial charge in [0.1, 0.15) is 0 Å². The molecule has 1 aliphatic rings. The molecule has 6 heavy (non-hydrogen) atoms. The zero-order valence-electron chi connectivity index (χ0n) is 3.95. The molecule has 0 spiro atoms. The van der Waals surface area contributed by atoms with Crippen LogP contribution in [0.1, 0.15) is 6.92 Å². The molecule has 0 unspecified atom stereocenters. The van der Waals surface area contributed by atoms with Gasteiger partial charge in [0.05, 0.1) is 0 Å². The third-order valence-electron chi connectivity index (χ3n) is 0.924. The van der Waals surface area contributed by atoms with Gasteiger partial charge in [-0.3, -0.25) is 0 Å². The number of rotatable bonds is 1. The van der Waals surface area contributed by atoms with Crippen LogP contribution in [0.3, 0.4) is 0 Å². The summed E-state index contributed by atoms with van der Waals surface area (Å²) < 4.78 is 4.08. The van der Waals surface area contributed by atoms with Crippen LogP contribution in [-0.4, -0.2) is 20.6 Å². The minimum atomic E-state index is 0.558. The van der Waals surface area contributed by atoms with E-state index in [-0.39, 0.29) is 0 Å². The third kappa shape index (κ3) is 0.846. The van der Waals surface area contributed by atoms with Gasteiger partial charge in [0, 0.05) is 0 Å². The molecule has 0 saturated carbocycles. The van der Waals surface area contributed by atoms with E-state index in [4.69, 9.17) is 0 Å². The van der Waals surface area contributed by atoms with Gasteiger partial charge in [-0.2, -0.15) is 0 Å². The summed E-state index contributed by atoms with van der Waals surface area (Å²) in [7, 11) is 0. The monoisotopic (exact) mass is 198 g/mol. The Labute approximate surface area is 49.3 Å². The molecule has 38 valence electrons. The molecule has 0 aromatic heterocycles. The molecule has 1 fully saturated rings. The molecule has 0 aromatic carbocycles. The van der Waals surface area contributed by atoms with Crippen LogP contribution < -0.4 is 21.5 Å². The van der Waals surface area contributed by atoms with E-state index >= 15 is 0 Å². The van der Waals surface area contributed by atoms with Crippen molar-refractivity contribution in [3.05, 3.63) is 0 Å². The Morgan fingerprint density at radius 3 is 2.50 bits per heavy atom. The molecule has 2 heteroatoms. The Bertz CT molecular complexity index is 40.1. The van der Waals surface area contributed by atoms with Crippen LogP contribution in [0.2, 0.25) is 0 Å². The van der Waals surface area contributed by atoms with Crippen LogP contribution >= 0.6 is 0 Å². The summed E-state index contributed by atoms with van der Waals surface area (Å²) >= 11 is 0.558. The van der Waals surface area contributed by atoms with Crippen molar-refractivity contribution in [3.63, 3.8) is 0 Å². The molecular weight excluding hydrogens is 189 g/mol. The van der Waals surface area contributed by atoms with Gasteiger partial charge in [-0.05, 0) is 0 Å². The standard InChI is InChI=1S/C4H9IN/c1-2-6-4-3-5-6/h2-4H2,1H3/q-1. The number of halogens is 1. The molecule has 1 aliphatic heterocycles. The van der Waals surface area contributed by atoms with Crippen LogP contribution in [0.15, 0.2) is 0 Å². The zero-order chi connectivity index (χ0) is 4.41. The molecule has 0 N–H and O–H groups in total. The molecule has 1 heterocycles. The fourth-order valence-electron chi connectivity index (χ4n) is 0.447. The normalized spacial score (nSPS) is 24.8. The van der Waals surface area contributed by atoms with Crippen molar-refractivity contribution < 1.29 is 21.5 Å². The first kappa shape index (κ1) is 4.84. The summed E-state index contributed by atoms with van der Waals surface area (Å²) in [5.74, 6) is 0. The summed E-state index contributed by atoms with van der Waals surface area (Å²) in [4.78, 5) is 0. The van der Waals surface area contributed by atoms with E-state index < -0.39 is 0 Å². The predicted molar refractivity (Wildman–Crippen MR) is 22.1 cm³/mol. The number of hydrogen-bond acceptors (Lipinski definition) is 1. The third-order valence-corrected chi connectivity index (χ3v) is 4.02. The van der Waals surface area contributed by atoms with E-state index in [2.05, 4.69) is 10.0 Å². The second-order valence-corrected chi connectivity index (χ2v) is 4.44. The first-order valence-electron chi connectivity index (χ1n) is 2.28. The molecular formula is C4H9IN-. The maximum absolute atomic E-state index is 2.54. The van der Waals surface area contributed by atoms with Gasteiger partial charge < -0.3 is 0 Å². The molecule has 0 aliphatic carbocycles. The summed E-state index contributed by atoms with van der Waals surface area (Å²) in [5.41, 5.74) is 0. The second-order valence-electron chi connectivity index (χ2n) is 1.31. The Kier molecular flexibility index (Phi) is 1.71. The van der Waals surface area contributed by atoms with E-state index in [0.717, 1.165) is 0 Å². The van der Waals surface area contributed by atoms with Gasteiger partial charge in [0.2, 0.25) is 0 Å². The molecule has 0 bridgehead atoms. The zero-order valence-corrected chi connectivity index (χ0v) is 6.10. The molecule has 0 amide bonds. The van der Waals surface area contributed by atoms with E-state index in [1.54, 1.807) is 0 Å². The molecule has 0 atom stereocenters. The number of alkyl halides is 1. The van der Waals surface area contributed by atoms with Crippen LogP contribution in [0.5, 0.6) is 0 Å². The average Bonchev–Trinajstić information content (AvgIpc) is 1.31. The van der Waals surface area contributed by atoms with Crippen molar-refractivity contribution in [3.8, 4) is 0 Å². The SMILES string of the molecule is CCN1CC[I-]1. The molecule has 0 aromatic rings. The topological polar surface area (TPSA) is 3.24 Å². The summed E-state index contributed by atoms with van der Waals surface area (Å²) in [6.07, 6.45) is 0. The van der Waals surface area contributed by atoms with Crippen molar-refractivity contribution in [2.45, 2.75) is 6.92 Å². The molecule has 1 rings (SSSR count). The van der Waals surface area contributed by atoms with Crippen molar-refractivity contribution in [2.24, 2.45) is 0 Å². The Balaban J connectivity index is 2.01. The fourth-order valence-corrected chi connectivity index (χ4v) is 2.09. The van der Waals surface area contributed by atoms with Crippen molar-refractivity contribution in [2.75, 3.05) is 17.5 Å². The van der Waals surface area contributed by atoms with E-state index in [9.17, 15) is 0 Å². The maximum atomic E-state index is 2.54. The van der Waals surface area contributed by atoms with Gasteiger partial charge in [0.25, 0.3) is 0 Å². The first-order chi connectivity index (χ1) is 2.93. The van der Waals surface area contributed by atoms with Gasteiger partial charge in [-0.1, -0.05) is 0 Å². The average molecular weight is 198 g/mol. The Hall–Kier alpha value is 0.690. The predicted octanol–water partition coefficient (Wildman–Crippen LogP) is -2.67. The summed E-state index contributed by atoms with van der Waals surface area (Å²) in [6.45, 7) is 4.93. The van der Waals surface area contributed by atoms with Crippen LogP contribution in [-0.2, 0) is 0 Å². The van der Waals surface area contributed by atoms with Crippen molar-refractivity contribution in [1.29, 1.82) is 0 Å². The van der Waals surface area contributed by atoms with Gasteiger partial charge in [-0.15, -0.1) is 0 Å². The minimum absolute atomic E-state index is 0.558. The van der Waals surface area contributed by atoms with Crippen LogP contribution in [0.4, 0.5) is 0 Å². The van der Waals surface area contributed by atoms with E-state index in [1.807, 2.05) is 0 Å². The summed E-state index contributed by atoms with van der Waals surface area (Å²) in [6, 6.07) is 0. The Morgan fingerprint density at radius 1 is 1.83 bits per heavy atom. The van der Waals surface area contributed by atoms with E-state index in [0.29, 0.717) is 21.5 Å². The molecule has 1 saturated heterocycles. The first-order valence-corrected chi connectivity index (χ1v) is 4.77. The Morgan fingerprint density at radius 2 is 2.50 bits per heavy atom. The molecule has 1 nitrogen and oxygen atoms in total. The quantitative estimate of drug-likeness (QED) is 0.252. The molecule has 0 radical (unpaired) electrons. The van der Waals surface area contributed by atoms with Gasteiger partial charge >= 0.3 is 49.0 Å². The van der Waals surface area contributed by atoms with Gasteiger partial charge in [0.15, 0.2) is 0 Å². The van der Waals surface area contributed by atoms with Crippen LogP contribution in [0, 0.1) is 0 Å². The van der Waals surface area contributed by atoms with Crippen molar-refractivity contribution >= 4 is 0 Å². The van der Waals surface area contributed by atoms with Gasteiger partial charge in [-0.25, -0.2) is 0 Å². The summed E-state index contributed by atoms with van der Waals surface area (Å²) in [5, 5.41) is 0.